The van der Waals surface area contributed by atoms with Gasteiger partial charge < -0.3 is 4.90 Å². The Balaban J connectivity index is 1.51. The summed E-state index contributed by atoms with van der Waals surface area (Å²) in [6.45, 7) is 5.88. The fourth-order valence-corrected chi connectivity index (χ4v) is 4.91. The van der Waals surface area contributed by atoms with E-state index in [0.717, 1.165) is 22.6 Å². The minimum absolute atomic E-state index is 0.348. The summed E-state index contributed by atoms with van der Waals surface area (Å²) in [5.74, 6) is 1.54. The molecule has 1 aromatic heterocycles. The molecule has 0 N–H and O–H groups in total. The van der Waals surface area contributed by atoms with E-state index in [1.807, 2.05) is 62.4 Å². The summed E-state index contributed by atoms with van der Waals surface area (Å²) in [5, 5.41) is 0. The molecular formula is C22H24N4O2S. The second-order valence-corrected chi connectivity index (χ2v) is 9.17. The maximum absolute atomic E-state index is 12.9. The van der Waals surface area contributed by atoms with E-state index in [0.29, 0.717) is 36.9 Å². The van der Waals surface area contributed by atoms with Gasteiger partial charge in [0.2, 0.25) is 10.0 Å². The standard InChI is InChI=1S/C22H24N4O2S/c1-17-8-10-20(11-9-17)29(27,28)26-14-12-25(13-15-26)22-16-21(23-18(2)24-22)19-6-4-3-5-7-19/h3-11,16H,12-15H2,1-2H3. The van der Waals surface area contributed by atoms with Crippen LogP contribution in [0.1, 0.15) is 11.4 Å². The van der Waals surface area contributed by atoms with Crippen LogP contribution in [0.3, 0.4) is 0 Å². The maximum Gasteiger partial charge on any atom is 0.243 e. The summed E-state index contributed by atoms with van der Waals surface area (Å²) in [6, 6.07) is 19.0. The molecule has 29 heavy (non-hydrogen) atoms. The van der Waals surface area contributed by atoms with Crippen molar-refractivity contribution in [3.63, 3.8) is 0 Å². The Hall–Kier alpha value is -2.77. The maximum atomic E-state index is 12.9. The topological polar surface area (TPSA) is 66.4 Å². The molecule has 7 heteroatoms. The number of nitrogens with zero attached hydrogens (tertiary/aromatic N) is 4. The van der Waals surface area contributed by atoms with E-state index in [2.05, 4.69) is 14.9 Å². The van der Waals surface area contributed by atoms with Crippen molar-refractivity contribution in [2.24, 2.45) is 0 Å². The van der Waals surface area contributed by atoms with Gasteiger partial charge in [0.1, 0.15) is 11.6 Å². The van der Waals surface area contributed by atoms with Gasteiger partial charge in [0.25, 0.3) is 0 Å². The first kappa shape index (κ1) is 19.5. The van der Waals surface area contributed by atoms with Gasteiger partial charge in [-0.05, 0) is 26.0 Å². The minimum Gasteiger partial charge on any atom is -0.354 e. The predicted octanol–water partition coefficient (Wildman–Crippen LogP) is 3.27. The van der Waals surface area contributed by atoms with Crippen molar-refractivity contribution in [3.05, 3.63) is 72.1 Å². The highest BCUT2D eigenvalue weighted by molar-refractivity contribution is 7.89. The number of aryl methyl sites for hydroxylation is 2. The Morgan fingerprint density at radius 1 is 0.828 bits per heavy atom. The van der Waals surface area contributed by atoms with Crippen molar-refractivity contribution in [2.45, 2.75) is 18.7 Å². The zero-order chi connectivity index (χ0) is 20.4. The largest absolute Gasteiger partial charge is 0.354 e. The lowest BCUT2D eigenvalue weighted by Crippen LogP contribution is -2.49. The Bertz CT molecular complexity index is 1090. The van der Waals surface area contributed by atoms with E-state index < -0.39 is 10.0 Å². The molecule has 6 nitrogen and oxygen atoms in total. The zero-order valence-corrected chi connectivity index (χ0v) is 17.4. The van der Waals surface area contributed by atoms with E-state index >= 15 is 0 Å². The first-order valence-electron chi connectivity index (χ1n) is 9.66. The molecule has 3 aromatic rings. The third-order valence-corrected chi connectivity index (χ3v) is 7.03. The number of rotatable bonds is 4. The van der Waals surface area contributed by atoms with Crippen LogP contribution in [0.25, 0.3) is 11.3 Å². The lowest BCUT2D eigenvalue weighted by molar-refractivity contribution is 0.383. The SMILES string of the molecule is Cc1ccc(S(=O)(=O)N2CCN(c3cc(-c4ccccc4)nc(C)n3)CC2)cc1. The van der Waals surface area contributed by atoms with Crippen molar-refractivity contribution in [1.82, 2.24) is 14.3 Å². The van der Waals surface area contributed by atoms with E-state index in [1.165, 1.54) is 0 Å². The van der Waals surface area contributed by atoms with Crippen molar-refractivity contribution in [3.8, 4) is 11.3 Å². The molecular weight excluding hydrogens is 384 g/mol. The summed E-state index contributed by atoms with van der Waals surface area (Å²) >= 11 is 0. The van der Waals surface area contributed by atoms with Crippen LogP contribution in [-0.2, 0) is 10.0 Å². The molecule has 1 aliphatic heterocycles. The van der Waals surface area contributed by atoms with Crippen LogP contribution >= 0.6 is 0 Å². The predicted molar refractivity (Wildman–Crippen MR) is 114 cm³/mol. The van der Waals surface area contributed by atoms with Crippen molar-refractivity contribution in [1.29, 1.82) is 0 Å². The van der Waals surface area contributed by atoms with E-state index in [4.69, 9.17) is 0 Å². The van der Waals surface area contributed by atoms with Gasteiger partial charge in [0.15, 0.2) is 0 Å². The molecule has 1 fully saturated rings. The van der Waals surface area contributed by atoms with E-state index in [1.54, 1.807) is 16.4 Å². The number of aromatic nitrogens is 2. The molecule has 2 heterocycles. The van der Waals surface area contributed by atoms with Gasteiger partial charge in [-0.1, -0.05) is 48.0 Å². The van der Waals surface area contributed by atoms with Gasteiger partial charge in [0, 0.05) is 37.8 Å². The van der Waals surface area contributed by atoms with Crippen LogP contribution in [-0.4, -0.2) is 48.9 Å². The molecule has 0 radical (unpaired) electrons. The Morgan fingerprint density at radius 3 is 2.14 bits per heavy atom. The summed E-state index contributed by atoms with van der Waals surface area (Å²) < 4.78 is 27.4. The molecule has 1 aliphatic rings. The number of sulfonamides is 1. The fourth-order valence-electron chi connectivity index (χ4n) is 3.49. The van der Waals surface area contributed by atoms with Gasteiger partial charge in [0.05, 0.1) is 10.6 Å². The number of hydrogen-bond acceptors (Lipinski definition) is 5. The minimum atomic E-state index is -3.47. The molecule has 150 valence electrons. The zero-order valence-electron chi connectivity index (χ0n) is 16.6. The monoisotopic (exact) mass is 408 g/mol. The number of benzene rings is 2. The molecule has 2 aromatic carbocycles. The van der Waals surface area contributed by atoms with Crippen LogP contribution in [0.2, 0.25) is 0 Å². The summed E-state index contributed by atoms with van der Waals surface area (Å²) in [4.78, 5) is 11.6. The molecule has 0 amide bonds. The number of piperazine rings is 1. The molecule has 0 atom stereocenters. The smallest absolute Gasteiger partial charge is 0.243 e. The Kier molecular flexibility index (Phi) is 5.34. The highest BCUT2D eigenvalue weighted by atomic mass is 32.2. The Labute approximate surface area is 171 Å². The second kappa shape index (κ2) is 7.93. The van der Waals surface area contributed by atoms with Crippen LogP contribution in [0.15, 0.2) is 65.6 Å². The van der Waals surface area contributed by atoms with Gasteiger partial charge in [-0.3, -0.25) is 0 Å². The normalized spacial score (nSPS) is 15.4. The van der Waals surface area contributed by atoms with Crippen molar-refractivity contribution >= 4 is 15.8 Å². The van der Waals surface area contributed by atoms with Crippen LogP contribution in [0.5, 0.6) is 0 Å². The van der Waals surface area contributed by atoms with Crippen molar-refractivity contribution in [2.75, 3.05) is 31.1 Å². The lowest BCUT2D eigenvalue weighted by atomic mass is 10.1. The number of hydrogen-bond donors (Lipinski definition) is 0. The van der Waals surface area contributed by atoms with E-state index in [9.17, 15) is 8.42 Å². The molecule has 1 saturated heterocycles. The van der Waals surface area contributed by atoms with Gasteiger partial charge in [-0.15, -0.1) is 0 Å². The van der Waals surface area contributed by atoms with Crippen LogP contribution in [0, 0.1) is 13.8 Å². The third kappa shape index (κ3) is 4.16. The quantitative estimate of drug-likeness (QED) is 0.663. The number of anilines is 1. The van der Waals surface area contributed by atoms with Gasteiger partial charge in [-0.2, -0.15) is 4.31 Å². The Morgan fingerprint density at radius 2 is 1.48 bits per heavy atom. The first-order chi connectivity index (χ1) is 13.9. The summed E-state index contributed by atoms with van der Waals surface area (Å²) in [5.41, 5.74) is 2.96. The molecule has 0 unspecified atom stereocenters. The molecule has 0 aliphatic carbocycles. The highest BCUT2D eigenvalue weighted by Crippen LogP contribution is 2.24. The van der Waals surface area contributed by atoms with Crippen LogP contribution < -0.4 is 4.90 Å². The fraction of sp³-hybridized carbons (Fsp3) is 0.273. The third-order valence-electron chi connectivity index (χ3n) is 5.12. The molecule has 4 rings (SSSR count). The first-order valence-corrected chi connectivity index (χ1v) is 11.1. The molecule has 0 bridgehead atoms. The van der Waals surface area contributed by atoms with Gasteiger partial charge >= 0.3 is 0 Å². The van der Waals surface area contributed by atoms with E-state index in [-0.39, 0.29) is 0 Å². The lowest BCUT2D eigenvalue weighted by Gasteiger charge is -2.34. The molecule has 0 saturated carbocycles. The second-order valence-electron chi connectivity index (χ2n) is 7.23. The van der Waals surface area contributed by atoms with Gasteiger partial charge in [-0.25, -0.2) is 18.4 Å². The summed E-state index contributed by atoms with van der Waals surface area (Å²) in [6.07, 6.45) is 0. The average molecular weight is 409 g/mol. The van der Waals surface area contributed by atoms with Crippen LogP contribution in [0.4, 0.5) is 5.82 Å². The average Bonchev–Trinajstić information content (AvgIpc) is 2.74. The molecule has 0 spiro atoms. The summed E-state index contributed by atoms with van der Waals surface area (Å²) in [7, 11) is -3.47. The highest BCUT2D eigenvalue weighted by Gasteiger charge is 2.29. The van der Waals surface area contributed by atoms with Crippen molar-refractivity contribution < 1.29 is 8.42 Å².